The van der Waals surface area contributed by atoms with Crippen molar-refractivity contribution in [2.24, 2.45) is 0 Å². The lowest BCUT2D eigenvalue weighted by Crippen LogP contribution is -2.54. The molecule has 1 aliphatic rings. The molecule has 1 saturated heterocycles. The number of nitrogens with one attached hydrogen (secondary N) is 1. The zero-order valence-electron chi connectivity index (χ0n) is 11.6. The zero-order chi connectivity index (χ0) is 14.6. The van der Waals surface area contributed by atoms with E-state index in [-0.39, 0.29) is 12.6 Å². The number of alkyl halides is 3. The second-order valence-corrected chi connectivity index (χ2v) is 5.25. The average molecular weight is 281 g/mol. The number of nitrogens with zero attached hydrogens (tertiary/aromatic N) is 2. The molecule has 0 radical (unpaired) electrons. The highest BCUT2D eigenvalue weighted by atomic mass is 19.4. The molecule has 0 aliphatic carbocycles. The summed E-state index contributed by atoms with van der Waals surface area (Å²) in [5.74, 6) is -0.457. The molecule has 1 rings (SSSR count). The molecule has 1 N–H and O–H groups in total. The Morgan fingerprint density at radius 1 is 1.47 bits per heavy atom. The molecule has 1 aliphatic heterocycles. The molecule has 0 aromatic heterocycles. The first-order valence-electron chi connectivity index (χ1n) is 6.51. The number of hydrogen-bond acceptors (Lipinski definition) is 3. The van der Waals surface area contributed by atoms with Crippen LogP contribution in [-0.2, 0) is 4.79 Å². The van der Waals surface area contributed by atoms with Crippen LogP contribution in [0.2, 0.25) is 0 Å². The fraction of sp³-hybridized carbons (Fsp3) is 0.917. The average Bonchev–Trinajstić information content (AvgIpc) is 2.27. The van der Waals surface area contributed by atoms with E-state index < -0.39 is 24.7 Å². The van der Waals surface area contributed by atoms with Crippen LogP contribution in [0.15, 0.2) is 0 Å². The molecule has 1 fully saturated rings. The minimum Gasteiger partial charge on any atom is -0.330 e. The summed E-state index contributed by atoms with van der Waals surface area (Å²) < 4.78 is 37.4. The molecule has 1 atom stereocenters. The molecule has 0 saturated carbocycles. The van der Waals surface area contributed by atoms with Gasteiger partial charge in [-0.3, -0.25) is 9.69 Å². The maximum Gasteiger partial charge on any atom is 0.406 e. The highest BCUT2D eigenvalue weighted by Gasteiger charge is 2.35. The Kier molecular flexibility index (Phi) is 5.61. The Balaban J connectivity index is 2.61. The summed E-state index contributed by atoms with van der Waals surface area (Å²) in [6.45, 7) is 6.25. The number of carbonyl (C=O) groups excluding carboxylic acids is 1. The number of rotatable bonds is 4. The monoisotopic (exact) mass is 281 g/mol. The Hall–Kier alpha value is -0.820. The van der Waals surface area contributed by atoms with Crippen LogP contribution in [0.1, 0.15) is 20.8 Å². The largest absolute Gasteiger partial charge is 0.406 e. The Morgan fingerprint density at radius 2 is 2.11 bits per heavy atom. The van der Waals surface area contributed by atoms with E-state index in [9.17, 15) is 18.0 Å². The first kappa shape index (κ1) is 16.2. The maximum atomic E-state index is 12.5. The smallest absolute Gasteiger partial charge is 0.330 e. The minimum absolute atomic E-state index is 0.0527. The zero-order valence-corrected chi connectivity index (χ0v) is 11.6. The van der Waals surface area contributed by atoms with Gasteiger partial charge in [-0.25, -0.2) is 0 Å². The second kappa shape index (κ2) is 6.56. The molecule has 7 heteroatoms. The van der Waals surface area contributed by atoms with Crippen LogP contribution in [0.3, 0.4) is 0 Å². The molecule has 0 spiro atoms. The van der Waals surface area contributed by atoms with Crippen molar-refractivity contribution in [1.82, 2.24) is 15.1 Å². The number of halogens is 3. The fourth-order valence-corrected chi connectivity index (χ4v) is 2.13. The predicted molar refractivity (Wildman–Crippen MR) is 66.8 cm³/mol. The Morgan fingerprint density at radius 3 is 2.58 bits per heavy atom. The van der Waals surface area contributed by atoms with Gasteiger partial charge in [-0.15, -0.1) is 0 Å². The summed E-state index contributed by atoms with van der Waals surface area (Å²) in [5.41, 5.74) is 0. The van der Waals surface area contributed by atoms with Crippen LogP contribution in [0.4, 0.5) is 13.2 Å². The molecule has 0 aromatic rings. The van der Waals surface area contributed by atoms with Crippen LogP contribution in [0, 0.1) is 0 Å². The molecular formula is C12H22F3N3O. The van der Waals surface area contributed by atoms with Crippen molar-refractivity contribution in [2.75, 3.05) is 32.7 Å². The number of carbonyl (C=O) groups is 1. The van der Waals surface area contributed by atoms with Crippen molar-refractivity contribution in [3.05, 3.63) is 0 Å². The van der Waals surface area contributed by atoms with Crippen molar-refractivity contribution in [3.63, 3.8) is 0 Å². The summed E-state index contributed by atoms with van der Waals surface area (Å²) in [6, 6.07) is -0.287. The van der Waals surface area contributed by atoms with Gasteiger partial charge in [0.25, 0.3) is 0 Å². The van der Waals surface area contributed by atoms with Crippen molar-refractivity contribution < 1.29 is 18.0 Å². The normalized spacial score (nSPS) is 21.7. The van der Waals surface area contributed by atoms with Gasteiger partial charge in [0.1, 0.15) is 6.54 Å². The highest BCUT2D eigenvalue weighted by molar-refractivity contribution is 5.78. The van der Waals surface area contributed by atoms with Crippen LogP contribution in [-0.4, -0.2) is 66.7 Å². The summed E-state index contributed by atoms with van der Waals surface area (Å²) in [5, 5.41) is 3.18. The SMILES string of the molecule is CC(C)N(CC(F)(F)F)C(=O)CN1CCNC[C@H]1C. The number of piperazine rings is 1. The van der Waals surface area contributed by atoms with Crippen molar-refractivity contribution in [2.45, 2.75) is 39.0 Å². The maximum absolute atomic E-state index is 12.5. The fourth-order valence-electron chi connectivity index (χ4n) is 2.13. The van der Waals surface area contributed by atoms with Gasteiger partial charge in [0.05, 0.1) is 6.54 Å². The molecule has 4 nitrogen and oxygen atoms in total. The Labute approximate surface area is 111 Å². The third kappa shape index (κ3) is 5.36. The van der Waals surface area contributed by atoms with E-state index >= 15 is 0 Å². The molecule has 112 valence electrons. The van der Waals surface area contributed by atoms with E-state index in [1.54, 1.807) is 13.8 Å². The standard InChI is InChI=1S/C12H22F3N3O/c1-9(2)18(8-12(13,14)15)11(19)7-17-5-4-16-6-10(17)3/h9-10,16H,4-8H2,1-3H3/t10-/m1/s1. The quantitative estimate of drug-likeness (QED) is 0.837. The van der Waals surface area contributed by atoms with Crippen molar-refractivity contribution in [1.29, 1.82) is 0 Å². The van der Waals surface area contributed by atoms with Gasteiger partial charge in [0.15, 0.2) is 0 Å². The second-order valence-electron chi connectivity index (χ2n) is 5.25. The third-order valence-electron chi connectivity index (χ3n) is 3.27. The van der Waals surface area contributed by atoms with Crippen LogP contribution >= 0.6 is 0 Å². The third-order valence-corrected chi connectivity index (χ3v) is 3.27. The highest BCUT2D eigenvalue weighted by Crippen LogP contribution is 2.18. The summed E-state index contributed by atoms with van der Waals surface area (Å²) >= 11 is 0. The molecule has 1 heterocycles. The van der Waals surface area contributed by atoms with E-state index in [1.165, 1.54) is 0 Å². The van der Waals surface area contributed by atoms with Gasteiger partial charge >= 0.3 is 6.18 Å². The van der Waals surface area contributed by atoms with Crippen molar-refractivity contribution >= 4 is 5.91 Å². The van der Waals surface area contributed by atoms with E-state index in [2.05, 4.69) is 5.32 Å². The van der Waals surface area contributed by atoms with Crippen molar-refractivity contribution in [3.8, 4) is 0 Å². The van der Waals surface area contributed by atoms with E-state index in [4.69, 9.17) is 0 Å². The van der Waals surface area contributed by atoms with E-state index in [1.807, 2.05) is 11.8 Å². The topological polar surface area (TPSA) is 35.6 Å². The Bertz CT molecular complexity index is 307. The van der Waals surface area contributed by atoms with E-state index in [0.717, 1.165) is 18.0 Å². The molecular weight excluding hydrogens is 259 g/mol. The molecule has 1 amide bonds. The summed E-state index contributed by atoms with van der Waals surface area (Å²) in [4.78, 5) is 14.9. The lowest BCUT2D eigenvalue weighted by atomic mass is 10.2. The van der Waals surface area contributed by atoms with Gasteiger partial charge < -0.3 is 10.2 Å². The van der Waals surface area contributed by atoms with E-state index in [0.29, 0.717) is 6.54 Å². The molecule has 0 unspecified atom stereocenters. The van der Waals surface area contributed by atoms with Gasteiger partial charge in [-0.2, -0.15) is 13.2 Å². The molecule has 0 bridgehead atoms. The lowest BCUT2D eigenvalue weighted by Gasteiger charge is -2.36. The van der Waals surface area contributed by atoms with Crippen LogP contribution in [0.5, 0.6) is 0 Å². The summed E-state index contributed by atoms with van der Waals surface area (Å²) in [7, 11) is 0. The predicted octanol–water partition coefficient (Wildman–Crippen LogP) is 1.08. The van der Waals surface area contributed by atoms with Crippen LogP contribution in [0.25, 0.3) is 0 Å². The molecule has 0 aromatic carbocycles. The lowest BCUT2D eigenvalue weighted by molar-refractivity contribution is -0.165. The van der Waals surface area contributed by atoms with Gasteiger partial charge in [0.2, 0.25) is 5.91 Å². The van der Waals surface area contributed by atoms with Crippen LogP contribution < -0.4 is 5.32 Å². The van der Waals surface area contributed by atoms with Gasteiger partial charge in [-0.05, 0) is 20.8 Å². The minimum atomic E-state index is -4.35. The molecule has 19 heavy (non-hydrogen) atoms. The first-order valence-corrected chi connectivity index (χ1v) is 6.51. The number of amides is 1. The first-order chi connectivity index (χ1) is 8.70. The van der Waals surface area contributed by atoms with Gasteiger partial charge in [0, 0.05) is 31.7 Å². The van der Waals surface area contributed by atoms with Gasteiger partial charge in [-0.1, -0.05) is 0 Å². The number of hydrogen-bond donors (Lipinski definition) is 1. The summed E-state index contributed by atoms with van der Waals surface area (Å²) in [6.07, 6.45) is -4.35.